The fourth-order valence-corrected chi connectivity index (χ4v) is 3.56. The first-order chi connectivity index (χ1) is 12.6. The van der Waals surface area contributed by atoms with Crippen molar-refractivity contribution in [1.82, 2.24) is 14.9 Å². The van der Waals surface area contributed by atoms with Crippen molar-refractivity contribution >= 4 is 44.8 Å². The molecule has 1 aliphatic heterocycles. The molecule has 2 N–H and O–H groups in total. The van der Waals surface area contributed by atoms with E-state index >= 15 is 0 Å². The topological polar surface area (TPSA) is 69.0 Å². The maximum Gasteiger partial charge on any atom is 0.263 e. The van der Waals surface area contributed by atoms with Crippen LogP contribution < -0.4 is 0 Å². The number of hydrogen-bond donors (Lipinski definition) is 2. The molecule has 0 fully saturated rings. The Balaban J connectivity index is 1.79. The monoisotopic (exact) mass is 341 g/mol. The molecule has 2 aromatic heterocycles. The van der Waals surface area contributed by atoms with E-state index in [4.69, 9.17) is 0 Å². The van der Waals surface area contributed by atoms with E-state index < -0.39 is 0 Å². The molecule has 0 saturated heterocycles. The number of likely N-dealkylation sites (N-methyl/N-ethyl adjacent to an activating group) is 1. The van der Waals surface area contributed by atoms with Gasteiger partial charge in [-0.25, -0.2) is 0 Å². The molecule has 4 aromatic rings. The number of amides is 2. The van der Waals surface area contributed by atoms with Crippen molar-refractivity contribution in [1.29, 1.82) is 0 Å². The lowest BCUT2D eigenvalue weighted by molar-refractivity contribution is -0.134. The lowest BCUT2D eigenvalue weighted by Crippen LogP contribution is -2.26. The molecule has 26 heavy (non-hydrogen) atoms. The highest BCUT2D eigenvalue weighted by Crippen LogP contribution is 2.36. The first-order valence-electron chi connectivity index (χ1n) is 8.36. The minimum Gasteiger partial charge on any atom is -0.354 e. The second-order valence-electron chi connectivity index (χ2n) is 6.46. The molecule has 2 aromatic carbocycles. The fourth-order valence-electron chi connectivity index (χ4n) is 3.56. The second kappa shape index (κ2) is 5.20. The molecule has 1 aliphatic rings. The van der Waals surface area contributed by atoms with Crippen LogP contribution in [0, 0.1) is 0 Å². The summed E-state index contributed by atoms with van der Waals surface area (Å²) in [6.07, 6.45) is 0. The number of benzene rings is 2. The Labute approximate surface area is 148 Å². The highest BCUT2D eigenvalue weighted by atomic mass is 16.2. The number of aromatic nitrogens is 2. The molecule has 0 saturated carbocycles. The molecule has 0 spiro atoms. The Bertz CT molecular complexity index is 1080. The van der Waals surface area contributed by atoms with Gasteiger partial charge in [0.25, 0.3) is 11.8 Å². The summed E-state index contributed by atoms with van der Waals surface area (Å²) in [5.74, 6) is -0.592. The number of nitrogens with zero attached hydrogens (tertiary/aromatic N) is 1. The van der Waals surface area contributed by atoms with Crippen molar-refractivity contribution in [2.45, 2.75) is 0 Å². The molecule has 0 aliphatic carbocycles. The maximum atomic E-state index is 12.8. The van der Waals surface area contributed by atoms with Gasteiger partial charge in [-0.05, 0) is 24.3 Å². The van der Waals surface area contributed by atoms with Gasteiger partial charge in [0.1, 0.15) is 0 Å². The Hall–Kier alpha value is -3.60. The summed E-state index contributed by atoms with van der Waals surface area (Å²) < 4.78 is 0. The summed E-state index contributed by atoms with van der Waals surface area (Å²) in [5.41, 5.74) is 3.98. The Morgan fingerprint density at radius 3 is 1.54 bits per heavy atom. The number of rotatable bonds is 2. The van der Waals surface area contributed by atoms with Crippen LogP contribution in [0.15, 0.2) is 60.7 Å². The molecule has 0 bridgehead atoms. The quantitative estimate of drug-likeness (QED) is 0.547. The van der Waals surface area contributed by atoms with Gasteiger partial charge in [-0.1, -0.05) is 36.4 Å². The minimum absolute atomic E-state index is 0.296. The van der Waals surface area contributed by atoms with Crippen LogP contribution in [0.2, 0.25) is 0 Å². The van der Waals surface area contributed by atoms with Gasteiger partial charge in [-0.15, -0.1) is 0 Å². The lowest BCUT2D eigenvalue weighted by atomic mass is 10.0. The largest absolute Gasteiger partial charge is 0.354 e. The first kappa shape index (κ1) is 14.7. The number of nitrogens with one attached hydrogen (secondary N) is 2. The van der Waals surface area contributed by atoms with Gasteiger partial charge in [-0.2, -0.15) is 0 Å². The molecule has 5 nitrogen and oxygen atoms in total. The number of H-pyrrole nitrogens is 2. The zero-order chi connectivity index (χ0) is 17.8. The smallest absolute Gasteiger partial charge is 0.263 e. The van der Waals surface area contributed by atoms with Crippen molar-refractivity contribution < 1.29 is 9.59 Å². The van der Waals surface area contributed by atoms with Crippen molar-refractivity contribution in [3.05, 3.63) is 72.1 Å². The average Bonchev–Trinajstić information content (AvgIpc) is 3.32. The van der Waals surface area contributed by atoms with Crippen LogP contribution in [0.25, 0.3) is 33.0 Å². The molecular formula is C21H15N3O2. The maximum absolute atomic E-state index is 12.8. The molecule has 0 atom stereocenters. The van der Waals surface area contributed by atoms with Crippen LogP contribution in [0.3, 0.4) is 0 Å². The van der Waals surface area contributed by atoms with E-state index in [0.717, 1.165) is 21.8 Å². The van der Waals surface area contributed by atoms with E-state index in [1.54, 1.807) is 0 Å². The number of carbonyl (C=O) groups excluding carboxylic acids is 2. The van der Waals surface area contributed by atoms with Gasteiger partial charge < -0.3 is 9.97 Å². The molecular weight excluding hydrogens is 326 g/mol. The Morgan fingerprint density at radius 2 is 1.12 bits per heavy atom. The van der Waals surface area contributed by atoms with Crippen molar-refractivity contribution in [3.8, 4) is 0 Å². The number of hydrogen-bond acceptors (Lipinski definition) is 2. The standard InChI is InChI=1S/C21H15N3O2/c1-24-20(25)18(16-10-12-6-2-4-8-14(12)22-16)19(21(24)26)17-11-13-7-3-5-9-15(13)23-17/h2-11,22-23H,1H3. The zero-order valence-corrected chi connectivity index (χ0v) is 14.0. The van der Waals surface area contributed by atoms with Crippen LogP contribution in [0.4, 0.5) is 0 Å². The Kier molecular flexibility index (Phi) is 2.94. The highest BCUT2D eigenvalue weighted by molar-refractivity contribution is 6.48. The first-order valence-corrected chi connectivity index (χ1v) is 8.36. The summed E-state index contributed by atoms with van der Waals surface area (Å²) in [5, 5.41) is 2.00. The van der Waals surface area contributed by atoms with Crippen molar-refractivity contribution in [2.75, 3.05) is 7.05 Å². The van der Waals surface area contributed by atoms with E-state index in [1.165, 1.54) is 11.9 Å². The van der Waals surface area contributed by atoms with Crippen molar-refractivity contribution in [2.24, 2.45) is 0 Å². The molecule has 0 unspecified atom stereocenters. The SMILES string of the molecule is CN1C(=O)C(c2cc3ccccc3[nH]2)=C(c2cc3ccccc3[nH]2)C1=O. The highest BCUT2D eigenvalue weighted by Gasteiger charge is 2.38. The number of carbonyl (C=O) groups is 2. The molecule has 5 heteroatoms. The summed E-state index contributed by atoms with van der Waals surface area (Å²) in [4.78, 5) is 33.3. The minimum atomic E-state index is -0.296. The van der Waals surface area contributed by atoms with Gasteiger partial charge in [0.05, 0.1) is 22.5 Å². The normalized spacial score (nSPS) is 15.0. The van der Waals surface area contributed by atoms with E-state index in [1.807, 2.05) is 60.7 Å². The van der Waals surface area contributed by atoms with Gasteiger partial charge in [0.15, 0.2) is 0 Å². The van der Waals surface area contributed by atoms with Crippen molar-refractivity contribution in [3.63, 3.8) is 0 Å². The predicted molar refractivity (Wildman–Crippen MR) is 101 cm³/mol. The van der Waals surface area contributed by atoms with Crippen LogP contribution in [-0.2, 0) is 9.59 Å². The van der Waals surface area contributed by atoms with Gasteiger partial charge in [0.2, 0.25) is 0 Å². The molecule has 5 rings (SSSR count). The number of fused-ring (bicyclic) bond motifs is 2. The van der Waals surface area contributed by atoms with Gasteiger partial charge >= 0.3 is 0 Å². The summed E-state index contributed by atoms with van der Waals surface area (Å²) >= 11 is 0. The van der Waals surface area contributed by atoms with E-state index in [0.29, 0.717) is 22.5 Å². The van der Waals surface area contributed by atoms with Gasteiger partial charge in [0, 0.05) is 28.9 Å². The lowest BCUT2D eigenvalue weighted by Gasteiger charge is -2.05. The third-order valence-corrected chi connectivity index (χ3v) is 4.89. The number of para-hydroxylation sites is 2. The predicted octanol–water partition coefficient (Wildman–Crippen LogP) is 3.56. The van der Waals surface area contributed by atoms with E-state index in [2.05, 4.69) is 9.97 Å². The molecule has 2 amide bonds. The second-order valence-corrected chi connectivity index (χ2v) is 6.46. The molecule has 3 heterocycles. The Morgan fingerprint density at radius 1 is 0.692 bits per heavy atom. The van der Waals surface area contributed by atoms with Crippen LogP contribution in [0.5, 0.6) is 0 Å². The molecule has 126 valence electrons. The summed E-state index contributed by atoms with van der Waals surface area (Å²) in [6.45, 7) is 0. The zero-order valence-electron chi connectivity index (χ0n) is 14.0. The van der Waals surface area contributed by atoms with Crippen LogP contribution >= 0.6 is 0 Å². The van der Waals surface area contributed by atoms with E-state index in [-0.39, 0.29) is 11.8 Å². The van der Waals surface area contributed by atoms with Crippen LogP contribution in [-0.4, -0.2) is 33.7 Å². The van der Waals surface area contributed by atoms with Crippen LogP contribution in [0.1, 0.15) is 11.4 Å². The van der Waals surface area contributed by atoms with E-state index in [9.17, 15) is 9.59 Å². The third-order valence-electron chi connectivity index (χ3n) is 4.89. The molecule has 0 radical (unpaired) electrons. The number of imide groups is 1. The summed E-state index contributed by atoms with van der Waals surface area (Å²) in [7, 11) is 1.52. The van der Waals surface area contributed by atoms with Gasteiger partial charge in [-0.3, -0.25) is 14.5 Å². The third kappa shape index (κ3) is 1.97. The summed E-state index contributed by atoms with van der Waals surface area (Å²) in [6, 6.07) is 19.4. The fraction of sp³-hybridized carbons (Fsp3) is 0.0476. The average molecular weight is 341 g/mol. The number of aromatic amines is 2.